The van der Waals surface area contributed by atoms with Crippen LogP contribution in [-0.2, 0) is 6.42 Å². The molecular weight excluding hydrogens is 362 g/mol. The monoisotopic (exact) mass is 379 g/mol. The van der Waals surface area contributed by atoms with Gasteiger partial charge in [0.25, 0.3) is 5.91 Å². The molecule has 0 bridgehead atoms. The summed E-state index contributed by atoms with van der Waals surface area (Å²) < 4.78 is 0.839. The van der Waals surface area contributed by atoms with Gasteiger partial charge in [0, 0.05) is 11.0 Å². The summed E-state index contributed by atoms with van der Waals surface area (Å²) in [6.07, 6.45) is 0.801. The van der Waals surface area contributed by atoms with Gasteiger partial charge in [-0.15, -0.1) is 0 Å². The Bertz CT molecular complexity index is 653. The minimum absolute atomic E-state index is 0.148. The van der Waals surface area contributed by atoms with E-state index in [0.717, 1.165) is 10.9 Å². The third-order valence-electron chi connectivity index (χ3n) is 3.52. The van der Waals surface area contributed by atoms with Gasteiger partial charge in [0.05, 0.1) is 10.6 Å². The predicted octanol–water partition coefficient (Wildman–Crippen LogP) is 5.20. The van der Waals surface area contributed by atoms with Crippen LogP contribution in [0.4, 0.5) is 0 Å². The Morgan fingerprint density at radius 2 is 1.86 bits per heavy atom. The Labute approximate surface area is 145 Å². The summed E-state index contributed by atoms with van der Waals surface area (Å²) in [5.74, 6) is 0.387. The fourth-order valence-electron chi connectivity index (χ4n) is 2.16. The SMILES string of the molecule is CC(C)c1ccc(CCNC(=O)c2cc(Br)ccc2Cl)cc1. The number of carbonyl (C=O) groups is 1. The zero-order chi connectivity index (χ0) is 16.1. The first-order valence-electron chi connectivity index (χ1n) is 7.29. The maximum absolute atomic E-state index is 12.1. The summed E-state index contributed by atoms with van der Waals surface area (Å²) in [5, 5.41) is 3.37. The highest BCUT2D eigenvalue weighted by atomic mass is 79.9. The van der Waals surface area contributed by atoms with Gasteiger partial charge in [0.2, 0.25) is 0 Å². The fourth-order valence-corrected chi connectivity index (χ4v) is 2.72. The number of rotatable bonds is 5. The van der Waals surface area contributed by atoms with Crippen LogP contribution in [0.3, 0.4) is 0 Å². The van der Waals surface area contributed by atoms with Crippen molar-refractivity contribution >= 4 is 33.4 Å². The zero-order valence-corrected chi connectivity index (χ0v) is 15.0. The van der Waals surface area contributed by atoms with E-state index in [2.05, 4.69) is 59.4 Å². The third kappa shape index (κ3) is 4.59. The molecule has 0 radical (unpaired) electrons. The van der Waals surface area contributed by atoms with E-state index in [0.29, 0.717) is 23.0 Å². The van der Waals surface area contributed by atoms with Crippen LogP contribution >= 0.6 is 27.5 Å². The average Bonchev–Trinajstić information content (AvgIpc) is 2.50. The first kappa shape index (κ1) is 17.0. The second-order valence-electron chi connectivity index (χ2n) is 5.53. The Hall–Kier alpha value is -1.32. The topological polar surface area (TPSA) is 29.1 Å². The van der Waals surface area contributed by atoms with Gasteiger partial charge in [-0.25, -0.2) is 0 Å². The summed E-state index contributed by atoms with van der Waals surface area (Å²) in [6, 6.07) is 13.8. The van der Waals surface area contributed by atoms with Crippen LogP contribution in [0.2, 0.25) is 5.02 Å². The normalized spacial score (nSPS) is 10.8. The maximum Gasteiger partial charge on any atom is 0.252 e. The van der Waals surface area contributed by atoms with Crippen LogP contribution in [0.5, 0.6) is 0 Å². The van der Waals surface area contributed by atoms with E-state index >= 15 is 0 Å². The van der Waals surface area contributed by atoms with Crippen molar-refractivity contribution in [3.63, 3.8) is 0 Å². The minimum Gasteiger partial charge on any atom is -0.352 e. The van der Waals surface area contributed by atoms with Gasteiger partial charge in [-0.1, -0.05) is 65.6 Å². The van der Waals surface area contributed by atoms with E-state index in [4.69, 9.17) is 11.6 Å². The second-order valence-corrected chi connectivity index (χ2v) is 6.85. The highest BCUT2D eigenvalue weighted by molar-refractivity contribution is 9.10. The molecule has 4 heteroatoms. The molecule has 0 spiro atoms. The fraction of sp³-hybridized carbons (Fsp3) is 0.278. The van der Waals surface area contributed by atoms with Crippen LogP contribution in [-0.4, -0.2) is 12.5 Å². The van der Waals surface area contributed by atoms with E-state index in [-0.39, 0.29) is 5.91 Å². The van der Waals surface area contributed by atoms with Crippen LogP contribution in [0.15, 0.2) is 46.9 Å². The van der Waals surface area contributed by atoms with E-state index in [1.807, 2.05) is 6.07 Å². The molecule has 116 valence electrons. The smallest absolute Gasteiger partial charge is 0.252 e. The molecule has 2 nitrogen and oxygen atoms in total. The van der Waals surface area contributed by atoms with Crippen molar-refractivity contribution < 1.29 is 4.79 Å². The van der Waals surface area contributed by atoms with Crippen LogP contribution in [0, 0.1) is 0 Å². The first-order chi connectivity index (χ1) is 10.5. The Morgan fingerprint density at radius 3 is 2.50 bits per heavy atom. The number of amides is 1. The van der Waals surface area contributed by atoms with E-state index in [1.54, 1.807) is 12.1 Å². The first-order valence-corrected chi connectivity index (χ1v) is 8.46. The molecule has 0 atom stereocenters. The highest BCUT2D eigenvalue weighted by Gasteiger charge is 2.10. The Morgan fingerprint density at radius 1 is 1.18 bits per heavy atom. The van der Waals surface area contributed by atoms with E-state index in [1.165, 1.54) is 11.1 Å². The number of nitrogens with one attached hydrogen (secondary N) is 1. The summed E-state index contributed by atoms with van der Waals surface area (Å²) >= 11 is 9.40. The lowest BCUT2D eigenvalue weighted by Crippen LogP contribution is -2.26. The van der Waals surface area contributed by atoms with E-state index in [9.17, 15) is 4.79 Å². The summed E-state index contributed by atoms with van der Waals surface area (Å²) in [6.45, 7) is 4.94. The standard InChI is InChI=1S/C18H19BrClNO/c1-12(2)14-5-3-13(4-6-14)9-10-21-18(22)16-11-15(19)7-8-17(16)20/h3-8,11-12H,9-10H2,1-2H3,(H,21,22). The van der Waals surface area contributed by atoms with Crippen LogP contribution in [0.25, 0.3) is 0 Å². The van der Waals surface area contributed by atoms with Crippen molar-refractivity contribution in [3.8, 4) is 0 Å². The van der Waals surface area contributed by atoms with Gasteiger partial charge in [0.15, 0.2) is 0 Å². The van der Waals surface area contributed by atoms with Gasteiger partial charge in [-0.2, -0.15) is 0 Å². The van der Waals surface area contributed by atoms with Crippen molar-refractivity contribution in [1.29, 1.82) is 0 Å². The zero-order valence-electron chi connectivity index (χ0n) is 12.7. The van der Waals surface area contributed by atoms with Gasteiger partial charge < -0.3 is 5.32 Å². The lowest BCUT2D eigenvalue weighted by atomic mass is 10.0. The molecule has 0 saturated heterocycles. The number of halogens is 2. The number of benzene rings is 2. The molecule has 22 heavy (non-hydrogen) atoms. The maximum atomic E-state index is 12.1. The average molecular weight is 381 g/mol. The Kier molecular flexibility index (Phi) is 6.04. The van der Waals surface area contributed by atoms with E-state index < -0.39 is 0 Å². The molecule has 0 unspecified atom stereocenters. The molecule has 1 amide bonds. The molecule has 0 aliphatic rings. The van der Waals surface area contributed by atoms with Crippen LogP contribution in [0.1, 0.15) is 41.3 Å². The van der Waals surface area contributed by atoms with Crippen molar-refractivity contribution in [2.75, 3.05) is 6.54 Å². The molecule has 0 aliphatic carbocycles. The molecule has 2 aromatic rings. The van der Waals surface area contributed by atoms with Crippen molar-refractivity contribution in [1.82, 2.24) is 5.32 Å². The third-order valence-corrected chi connectivity index (χ3v) is 4.34. The van der Waals surface area contributed by atoms with Gasteiger partial charge in [-0.05, 0) is 41.7 Å². The summed E-state index contributed by atoms with van der Waals surface area (Å²) in [4.78, 5) is 12.1. The van der Waals surface area contributed by atoms with Crippen molar-refractivity contribution in [2.45, 2.75) is 26.2 Å². The molecular formula is C18H19BrClNO. The van der Waals surface area contributed by atoms with Gasteiger partial charge >= 0.3 is 0 Å². The predicted molar refractivity (Wildman–Crippen MR) is 95.7 cm³/mol. The second kappa shape index (κ2) is 7.80. The highest BCUT2D eigenvalue weighted by Crippen LogP contribution is 2.21. The largest absolute Gasteiger partial charge is 0.352 e. The molecule has 0 saturated carbocycles. The molecule has 0 heterocycles. The number of hydrogen-bond acceptors (Lipinski definition) is 1. The van der Waals surface area contributed by atoms with Crippen molar-refractivity contribution in [2.24, 2.45) is 0 Å². The summed E-state index contributed by atoms with van der Waals surface area (Å²) in [5.41, 5.74) is 3.03. The molecule has 0 fully saturated rings. The molecule has 0 aromatic heterocycles. The Balaban J connectivity index is 1.90. The number of carbonyl (C=O) groups excluding carboxylic acids is 1. The molecule has 2 aromatic carbocycles. The van der Waals surface area contributed by atoms with Crippen molar-refractivity contribution in [3.05, 3.63) is 68.7 Å². The van der Waals surface area contributed by atoms with Crippen LogP contribution < -0.4 is 5.32 Å². The summed E-state index contributed by atoms with van der Waals surface area (Å²) in [7, 11) is 0. The minimum atomic E-state index is -0.148. The number of hydrogen-bond donors (Lipinski definition) is 1. The lowest BCUT2D eigenvalue weighted by Gasteiger charge is -2.09. The quantitative estimate of drug-likeness (QED) is 0.759. The lowest BCUT2D eigenvalue weighted by molar-refractivity contribution is 0.0954. The van der Waals surface area contributed by atoms with Gasteiger partial charge in [-0.3, -0.25) is 4.79 Å². The van der Waals surface area contributed by atoms with Gasteiger partial charge in [0.1, 0.15) is 0 Å². The molecule has 2 rings (SSSR count). The molecule has 0 aliphatic heterocycles. The molecule has 1 N–H and O–H groups in total.